The zero-order valence-corrected chi connectivity index (χ0v) is 12.9. The fourth-order valence-electron chi connectivity index (χ4n) is 2.32. The normalized spacial score (nSPS) is 10.9. The summed E-state index contributed by atoms with van der Waals surface area (Å²) in [7, 11) is 1.68. The lowest BCUT2D eigenvalue weighted by Gasteiger charge is -2.09. The Morgan fingerprint density at radius 2 is 2.05 bits per heavy atom. The highest BCUT2D eigenvalue weighted by Gasteiger charge is 2.11. The number of anilines is 1. The molecule has 1 heterocycles. The number of fused-ring (bicyclic) bond motifs is 1. The molecule has 0 fully saturated rings. The fourth-order valence-corrected chi connectivity index (χ4v) is 2.49. The van der Waals surface area contributed by atoms with Crippen LogP contribution in [-0.4, -0.2) is 15.5 Å². The highest BCUT2D eigenvalue weighted by Crippen LogP contribution is 2.23. The number of aryl methyl sites for hydroxylation is 1. The van der Waals surface area contributed by atoms with Crippen molar-refractivity contribution in [1.82, 2.24) is 9.55 Å². The molecule has 0 unspecified atom stereocenters. The lowest BCUT2D eigenvalue weighted by molar-refractivity contribution is 0.102. The second-order valence-corrected chi connectivity index (χ2v) is 5.49. The molecule has 0 bridgehead atoms. The molecule has 1 amide bonds. The highest BCUT2D eigenvalue weighted by molar-refractivity contribution is 6.31. The van der Waals surface area contributed by atoms with Crippen molar-refractivity contribution >= 4 is 34.2 Å². The van der Waals surface area contributed by atoms with Crippen LogP contribution >= 0.6 is 11.6 Å². The Labute approximate surface area is 131 Å². The van der Waals surface area contributed by atoms with Crippen LogP contribution in [0.1, 0.15) is 15.9 Å². The summed E-state index contributed by atoms with van der Waals surface area (Å²) in [6, 6.07) is 10.4. The van der Waals surface area contributed by atoms with E-state index in [2.05, 4.69) is 10.3 Å². The third-order valence-electron chi connectivity index (χ3n) is 3.68. The summed E-state index contributed by atoms with van der Waals surface area (Å²) in [5.41, 5.74) is 3.11. The molecule has 0 aliphatic heterocycles. The molecule has 0 radical (unpaired) electrons. The van der Waals surface area contributed by atoms with Crippen molar-refractivity contribution < 1.29 is 4.79 Å². The van der Waals surface area contributed by atoms with E-state index in [0.717, 1.165) is 11.1 Å². The van der Waals surface area contributed by atoms with Crippen LogP contribution in [0.2, 0.25) is 5.02 Å². The summed E-state index contributed by atoms with van der Waals surface area (Å²) in [6.07, 6.45) is 0. The van der Waals surface area contributed by atoms with Crippen molar-refractivity contribution in [3.63, 3.8) is 0 Å². The number of imidazole rings is 1. The number of halogens is 1. The minimum absolute atomic E-state index is 0.210. The molecule has 0 spiro atoms. The summed E-state index contributed by atoms with van der Waals surface area (Å²) < 4.78 is 1.50. The monoisotopic (exact) mass is 315 g/mol. The lowest BCUT2D eigenvalue weighted by Crippen LogP contribution is -2.12. The largest absolute Gasteiger partial charge is 0.326 e. The van der Waals surface area contributed by atoms with E-state index >= 15 is 0 Å². The van der Waals surface area contributed by atoms with E-state index in [1.165, 1.54) is 4.57 Å². The number of nitrogens with one attached hydrogen (secondary N) is 2. The predicted octanol–water partition coefficient (Wildman–Crippen LogP) is 3.08. The third-order valence-corrected chi connectivity index (χ3v) is 4.09. The maximum absolute atomic E-state index is 12.4. The van der Waals surface area contributed by atoms with Gasteiger partial charge in [0, 0.05) is 23.3 Å². The SMILES string of the molecule is Cc1c(Cl)cccc1NC(=O)c1ccc2c(c1)[nH]c(=O)n2C. The number of aromatic amines is 1. The van der Waals surface area contributed by atoms with Crippen molar-refractivity contribution in [2.24, 2.45) is 7.05 Å². The van der Waals surface area contributed by atoms with Gasteiger partial charge < -0.3 is 10.3 Å². The van der Waals surface area contributed by atoms with Crippen LogP contribution in [0, 0.1) is 6.92 Å². The Balaban J connectivity index is 1.95. The van der Waals surface area contributed by atoms with Crippen LogP contribution in [0.25, 0.3) is 11.0 Å². The van der Waals surface area contributed by atoms with E-state index in [1.807, 2.05) is 6.92 Å². The number of H-pyrrole nitrogens is 1. The molecule has 0 atom stereocenters. The zero-order chi connectivity index (χ0) is 15.9. The van der Waals surface area contributed by atoms with E-state index in [-0.39, 0.29) is 11.6 Å². The Kier molecular flexibility index (Phi) is 3.50. The standard InChI is InChI=1S/C16H14ClN3O2/c1-9-11(17)4-3-5-12(9)18-15(21)10-6-7-14-13(8-10)19-16(22)20(14)2/h3-8H,1-2H3,(H,18,21)(H,19,22). The van der Waals surface area contributed by atoms with Crippen molar-refractivity contribution in [3.05, 3.63) is 63.0 Å². The minimum atomic E-state index is -0.253. The van der Waals surface area contributed by atoms with Gasteiger partial charge in [0.2, 0.25) is 0 Å². The smallest absolute Gasteiger partial charge is 0.322 e. The number of carbonyl (C=O) groups is 1. The maximum atomic E-state index is 12.4. The van der Waals surface area contributed by atoms with Crippen LogP contribution in [0.5, 0.6) is 0 Å². The Morgan fingerprint density at radius 1 is 1.27 bits per heavy atom. The second kappa shape index (κ2) is 5.35. The van der Waals surface area contributed by atoms with E-state index < -0.39 is 0 Å². The highest BCUT2D eigenvalue weighted by atomic mass is 35.5. The van der Waals surface area contributed by atoms with Gasteiger partial charge in [-0.2, -0.15) is 0 Å². The Hall–Kier alpha value is -2.53. The Morgan fingerprint density at radius 3 is 2.82 bits per heavy atom. The van der Waals surface area contributed by atoms with E-state index in [0.29, 0.717) is 21.8 Å². The first-order valence-electron chi connectivity index (χ1n) is 6.72. The van der Waals surface area contributed by atoms with Gasteiger partial charge in [-0.1, -0.05) is 17.7 Å². The first kappa shape index (κ1) is 14.4. The lowest BCUT2D eigenvalue weighted by atomic mass is 10.1. The van der Waals surface area contributed by atoms with Gasteiger partial charge in [0.25, 0.3) is 5.91 Å². The number of carbonyl (C=O) groups excluding carboxylic acids is 1. The molecule has 0 aliphatic carbocycles. The van der Waals surface area contributed by atoms with Gasteiger partial charge >= 0.3 is 5.69 Å². The van der Waals surface area contributed by atoms with E-state index in [9.17, 15) is 9.59 Å². The van der Waals surface area contributed by atoms with Gasteiger partial charge in [-0.15, -0.1) is 0 Å². The Bertz CT molecular complexity index is 940. The summed E-state index contributed by atoms with van der Waals surface area (Å²) >= 11 is 6.05. The van der Waals surface area contributed by atoms with Gasteiger partial charge in [0.15, 0.2) is 0 Å². The van der Waals surface area contributed by atoms with E-state index in [4.69, 9.17) is 11.6 Å². The van der Waals surface area contributed by atoms with Crippen molar-refractivity contribution in [1.29, 1.82) is 0 Å². The first-order valence-corrected chi connectivity index (χ1v) is 7.10. The summed E-state index contributed by atoms with van der Waals surface area (Å²) in [4.78, 5) is 26.7. The molecule has 1 aromatic heterocycles. The number of aromatic nitrogens is 2. The molecule has 112 valence electrons. The number of benzene rings is 2. The molecule has 3 aromatic rings. The van der Waals surface area contributed by atoms with E-state index in [1.54, 1.807) is 43.4 Å². The van der Waals surface area contributed by atoms with Crippen molar-refractivity contribution in [2.75, 3.05) is 5.32 Å². The van der Waals surface area contributed by atoms with Gasteiger partial charge in [-0.3, -0.25) is 9.36 Å². The zero-order valence-electron chi connectivity index (χ0n) is 12.1. The van der Waals surface area contributed by atoms with Gasteiger partial charge in [0.1, 0.15) is 0 Å². The molecule has 6 heteroatoms. The summed E-state index contributed by atoms with van der Waals surface area (Å²) in [5, 5.41) is 3.43. The number of hydrogen-bond donors (Lipinski definition) is 2. The molecule has 2 aromatic carbocycles. The number of hydrogen-bond acceptors (Lipinski definition) is 2. The topological polar surface area (TPSA) is 66.9 Å². The average molecular weight is 316 g/mol. The number of nitrogens with zero attached hydrogens (tertiary/aromatic N) is 1. The molecule has 2 N–H and O–H groups in total. The van der Waals surface area contributed by atoms with Crippen molar-refractivity contribution in [3.8, 4) is 0 Å². The predicted molar refractivity (Wildman–Crippen MR) is 87.7 cm³/mol. The number of rotatable bonds is 2. The van der Waals surface area contributed by atoms with Gasteiger partial charge in [-0.05, 0) is 42.8 Å². The minimum Gasteiger partial charge on any atom is -0.322 e. The van der Waals surface area contributed by atoms with Crippen LogP contribution in [0.15, 0.2) is 41.2 Å². The van der Waals surface area contributed by atoms with Gasteiger partial charge in [-0.25, -0.2) is 4.79 Å². The van der Waals surface area contributed by atoms with Crippen LogP contribution in [0.3, 0.4) is 0 Å². The average Bonchev–Trinajstić information content (AvgIpc) is 2.78. The quantitative estimate of drug-likeness (QED) is 0.763. The first-order chi connectivity index (χ1) is 10.5. The molecule has 0 saturated carbocycles. The fraction of sp³-hybridized carbons (Fsp3) is 0.125. The van der Waals surface area contributed by atoms with Crippen molar-refractivity contribution in [2.45, 2.75) is 6.92 Å². The van der Waals surface area contributed by atoms with Gasteiger partial charge in [0.05, 0.1) is 11.0 Å². The van der Waals surface area contributed by atoms with Crippen LogP contribution < -0.4 is 11.0 Å². The summed E-state index contributed by atoms with van der Waals surface area (Å²) in [5.74, 6) is -0.253. The number of amides is 1. The second-order valence-electron chi connectivity index (χ2n) is 5.09. The summed E-state index contributed by atoms with van der Waals surface area (Å²) in [6.45, 7) is 1.84. The molecule has 0 aliphatic rings. The molecular weight excluding hydrogens is 302 g/mol. The molecule has 0 saturated heterocycles. The maximum Gasteiger partial charge on any atom is 0.326 e. The molecule has 22 heavy (non-hydrogen) atoms. The molecule has 3 rings (SSSR count). The van der Waals surface area contributed by atoms with Crippen LogP contribution in [-0.2, 0) is 7.05 Å². The third kappa shape index (κ3) is 2.40. The van der Waals surface area contributed by atoms with Crippen LogP contribution in [0.4, 0.5) is 5.69 Å². The molecular formula is C16H14ClN3O2. The molecule has 5 nitrogen and oxygen atoms in total.